The normalized spacial score (nSPS) is 22.7. The van der Waals surface area contributed by atoms with E-state index in [9.17, 15) is 13.9 Å². The van der Waals surface area contributed by atoms with E-state index < -0.39 is 10.6 Å². The summed E-state index contributed by atoms with van der Waals surface area (Å²) in [6, 6.07) is 11.6. The highest BCUT2D eigenvalue weighted by atomic mass is 32.3. The number of hydrazone groups is 1. The molecule has 3 aliphatic rings. The number of ether oxygens (including phenoxy) is 2. The lowest BCUT2D eigenvalue weighted by Gasteiger charge is -2.64. The molecule has 3 heterocycles. The van der Waals surface area contributed by atoms with Crippen molar-refractivity contribution in [2.45, 2.75) is 19.4 Å². The molecule has 1 atom stereocenters. The first-order valence-electron chi connectivity index (χ1n) is 11.6. The number of fused-ring (bicyclic) bond motifs is 1. The highest BCUT2D eigenvalue weighted by molar-refractivity contribution is 8.25. The summed E-state index contributed by atoms with van der Waals surface area (Å²) in [5.74, 6) is 2.27. The first-order valence-corrected chi connectivity index (χ1v) is 13.5. The standard InChI is InChI=1S/C25H32N4O5S/c1-16-9-18-10-21(33-3)22(34-4)11-20(18)23(27-29(16)24(30)26-2)17-5-7-19(8-6-17)28-12-25(13-28)14-35(31,32)15-25/h5-8,10-11,16,31-32H,9,12-15H2,1-4H3,(H,26,30). The van der Waals surface area contributed by atoms with Crippen molar-refractivity contribution >= 4 is 28.0 Å². The van der Waals surface area contributed by atoms with Crippen LogP contribution in [0.1, 0.15) is 23.6 Å². The van der Waals surface area contributed by atoms with Gasteiger partial charge in [-0.05, 0) is 43.2 Å². The van der Waals surface area contributed by atoms with Crippen molar-refractivity contribution in [2.24, 2.45) is 10.5 Å². The molecule has 0 radical (unpaired) electrons. The molecule has 3 N–H and O–H groups in total. The maximum Gasteiger partial charge on any atom is 0.337 e. The van der Waals surface area contributed by atoms with E-state index in [-0.39, 0.29) is 17.5 Å². The highest BCUT2D eigenvalue weighted by Crippen LogP contribution is 2.62. The maximum atomic E-state index is 12.7. The van der Waals surface area contributed by atoms with Gasteiger partial charge in [0.15, 0.2) is 11.5 Å². The van der Waals surface area contributed by atoms with Gasteiger partial charge in [0.25, 0.3) is 0 Å². The number of carbonyl (C=O) groups is 1. The molecule has 2 saturated heterocycles. The molecule has 5 rings (SSSR count). The number of carbonyl (C=O) groups excluding carboxylic acids is 1. The monoisotopic (exact) mass is 500 g/mol. The van der Waals surface area contributed by atoms with Crippen LogP contribution in [0.25, 0.3) is 0 Å². The van der Waals surface area contributed by atoms with Crippen LogP contribution in [0.5, 0.6) is 11.5 Å². The van der Waals surface area contributed by atoms with E-state index in [0.717, 1.165) is 35.5 Å². The van der Waals surface area contributed by atoms with Gasteiger partial charge in [0.2, 0.25) is 0 Å². The number of nitrogens with zero attached hydrogens (tertiary/aromatic N) is 3. The number of hydrogen-bond donors (Lipinski definition) is 3. The molecule has 0 aromatic heterocycles. The molecule has 0 saturated carbocycles. The molecule has 35 heavy (non-hydrogen) atoms. The van der Waals surface area contributed by atoms with Gasteiger partial charge in [-0.3, -0.25) is 9.11 Å². The summed E-state index contributed by atoms with van der Waals surface area (Å²) in [5.41, 5.74) is 4.64. The van der Waals surface area contributed by atoms with E-state index in [1.165, 1.54) is 5.01 Å². The second-order valence-electron chi connectivity index (χ2n) is 9.76. The first-order chi connectivity index (χ1) is 16.7. The van der Waals surface area contributed by atoms with Crippen LogP contribution < -0.4 is 19.7 Å². The smallest absolute Gasteiger partial charge is 0.337 e. The lowest BCUT2D eigenvalue weighted by molar-refractivity contribution is 0.184. The second kappa shape index (κ2) is 8.61. The number of hydrogen-bond acceptors (Lipinski definition) is 7. The molecule has 0 bridgehead atoms. The van der Waals surface area contributed by atoms with E-state index >= 15 is 0 Å². The van der Waals surface area contributed by atoms with Crippen LogP contribution in [0.2, 0.25) is 0 Å². The Morgan fingerprint density at radius 2 is 1.74 bits per heavy atom. The van der Waals surface area contributed by atoms with Crippen LogP contribution in [0.3, 0.4) is 0 Å². The summed E-state index contributed by atoms with van der Waals surface area (Å²) < 4.78 is 30.6. The van der Waals surface area contributed by atoms with E-state index in [1.807, 2.05) is 31.2 Å². The number of rotatable bonds is 4. The molecule has 1 spiro atoms. The van der Waals surface area contributed by atoms with Crippen LogP contribution in [0, 0.1) is 5.41 Å². The Morgan fingerprint density at radius 3 is 2.31 bits per heavy atom. The zero-order chi connectivity index (χ0) is 25.0. The number of benzene rings is 2. The van der Waals surface area contributed by atoms with Gasteiger partial charge < -0.3 is 19.7 Å². The number of urea groups is 1. The lowest BCUT2D eigenvalue weighted by Crippen LogP contribution is -2.66. The Balaban J connectivity index is 1.48. The molecule has 0 aliphatic carbocycles. The SMILES string of the molecule is CNC(=O)N1N=C(c2ccc(N3CC4(C3)CS(O)(O)C4)cc2)c2cc(OC)c(OC)cc2CC1C. The van der Waals surface area contributed by atoms with E-state index in [2.05, 4.69) is 22.3 Å². The molecule has 2 amide bonds. The Kier molecular flexibility index (Phi) is 5.85. The number of methoxy groups -OCH3 is 2. The fourth-order valence-electron chi connectivity index (χ4n) is 5.45. The van der Waals surface area contributed by atoms with Crippen molar-refractivity contribution in [2.75, 3.05) is 50.8 Å². The van der Waals surface area contributed by atoms with E-state index in [0.29, 0.717) is 35.1 Å². The lowest BCUT2D eigenvalue weighted by atomic mass is 9.82. The minimum atomic E-state index is -2.34. The van der Waals surface area contributed by atoms with Gasteiger partial charge in [-0.25, -0.2) is 9.80 Å². The Labute approximate surface area is 207 Å². The molecule has 9 nitrogen and oxygen atoms in total. The minimum absolute atomic E-state index is 0.0571. The summed E-state index contributed by atoms with van der Waals surface area (Å²) in [6.45, 7) is 3.65. The quantitative estimate of drug-likeness (QED) is 0.592. The van der Waals surface area contributed by atoms with Gasteiger partial charge in [0.05, 0.1) is 26.0 Å². The molecule has 2 aromatic rings. The number of amides is 2. The van der Waals surface area contributed by atoms with Gasteiger partial charge >= 0.3 is 6.03 Å². The summed E-state index contributed by atoms with van der Waals surface area (Å²) >= 11 is 0. The van der Waals surface area contributed by atoms with Crippen molar-refractivity contribution in [1.82, 2.24) is 10.3 Å². The van der Waals surface area contributed by atoms with Crippen LogP contribution >= 0.6 is 10.6 Å². The molecular formula is C25H32N4O5S. The predicted molar refractivity (Wildman–Crippen MR) is 138 cm³/mol. The Hall–Kier alpha value is -2.95. The van der Waals surface area contributed by atoms with Crippen molar-refractivity contribution in [3.63, 3.8) is 0 Å². The molecule has 2 aromatic carbocycles. The van der Waals surface area contributed by atoms with Crippen LogP contribution in [0.15, 0.2) is 41.5 Å². The van der Waals surface area contributed by atoms with Gasteiger partial charge in [-0.1, -0.05) is 12.1 Å². The number of nitrogens with one attached hydrogen (secondary N) is 1. The van der Waals surface area contributed by atoms with Gasteiger partial charge in [-0.15, -0.1) is 0 Å². The number of anilines is 1. The van der Waals surface area contributed by atoms with Crippen molar-refractivity contribution in [3.8, 4) is 11.5 Å². The first kappa shape index (κ1) is 23.8. The van der Waals surface area contributed by atoms with Crippen LogP contribution in [-0.4, -0.2) is 77.8 Å². The third-order valence-electron chi connectivity index (χ3n) is 7.06. The van der Waals surface area contributed by atoms with Gasteiger partial charge in [0.1, 0.15) is 0 Å². The molecule has 2 fully saturated rings. The fourth-order valence-corrected chi connectivity index (χ4v) is 7.69. The fraction of sp³-hybridized carbons (Fsp3) is 0.440. The van der Waals surface area contributed by atoms with Crippen LogP contribution in [-0.2, 0) is 6.42 Å². The summed E-state index contributed by atoms with van der Waals surface area (Å²) in [6.07, 6.45) is 0.614. The average Bonchev–Trinajstić information content (AvgIpc) is 2.95. The summed E-state index contributed by atoms with van der Waals surface area (Å²) in [7, 11) is 2.48. The average molecular weight is 501 g/mol. The third kappa shape index (κ3) is 4.19. The zero-order valence-corrected chi connectivity index (χ0v) is 21.3. The highest BCUT2D eigenvalue weighted by Gasteiger charge is 2.55. The molecule has 1 unspecified atom stereocenters. The molecule has 3 aliphatic heterocycles. The van der Waals surface area contributed by atoms with Gasteiger partial charge in [0, 0.05) is 53.9 Å². The third-order valence-corrected chi connectivity index (χ3v) is 9.21. The van der Waals surface area contributed by atoms with E-state index in [4.69, 9.17) is 14.6 Å². The molecule has 188 valence electrons. The van der Waals surface area contributed by atoms with Crippen LogP contribution in [0.4, 0.5) is 10.5 Å². The largest absolute Gasteiger partial charge is 0.493 e. The van der Waals surface area contributed by atoms with E-state index in [1.54, 1.807) is 21.3 Å². The summed E-state index contributed by atoms with van der Waals surface area (Å²) in [4.78, 5) is 14.9. The van der Waals surface area contributed by atoms with Crippen molar-refractivity contribution < 1.29 is 23.4 Å². The second-order valence-corrected chi connectivity index (χ2v) is 11.9. The topological polar surface area (TPSA) is 107 Å². The Morgan fingerprint density at radius 1 is 1.11 bits per heavy atom. The minimum Gasteiger partial charge on any atom is -0.493 e. The predicted octanol–water partition coefficient (Wildman–Crippen LogP) is 3.61. The summed E-state index contributed by atoms with van der Waals surface area (Å²) in [5, 5.41) is 9.00. The Bertz CT molecular complexity index is 1170. The maximum absolute atomic E-state index is 12.7. The molecule has 10 heteroatoms. The zero-order valence-electron chi connectivity index (χ0n) is 20.4. The van der Waals surface area contributed by atoms with Crippen molar-refractivity contribution in [1.29, 1.82) is 0 Å². The van der Waals surface area contributed by atoms with Gasteiger partial charge in [-0.2, -0.15) is 15.7 Å². The van der Waals surface area contributed by atoms with Crippen molar-refractivity contribution in [3.05, 3.63) is 53.1 Å². The molecular weight excluding hydrogens is 468 g/mol.